The van der Waals surface area contributed by atoms with E-state index in [1.54, 1.807) is 0 Å². The van der Waals surface area contributed by atoms with Crippen molar-refractivity contribution >= 4 is 23.3 Å². The topological polar surface area (TPSA) is 131 Å². The average molecular weight is 294 g/mol. The standard InChI is InChI=1S/C13H18N4O4/c14-12-10(17(20)21)6-7-11(16-12)15-9-5-3-1-2-4-8(9)13(18)19/h6-9H,1-5H2,(H,18,19)(H3,14,15,16). The lowest BCUT2D eigenvalue weighted by Gasteiger charge is -2.23. The molecule has 0 radical (unpaired) electrons. The Morgan fingerprint density at radius 2 is 2.10 bits per heavy atom. The van der Waals surface area contributed by atoms with Crippen LogP contribution in [-0.2, 0) is 4.79 Å². The predicted octanol–water partition coefficient (Wildman–Crippen LogP) is 2.02. The van der Waals surface area contributed by atoms with Crippen molar-refractivity contribution in [1.82, 2.24) is 4.98 Å². The maximum atomic E-state index is 11.3. The molecule has 0 bridgehead atoms. The number of rotatable bonds is 4. The van der Waals surface area contributed by atoms with Crippen LogP contribution in [0.1, 0.15) is 32.1 Å². The molecule has 1 fully saturated rings. The molecule has 0 saturated heterocycles. The van der Waals surface area contributed by atoms with Crippen LogP contribution in [0.25, 0.3) is 0 Å². The fraction of sp³-hybridized carbons (Fsp3) is 0.538. The summed E-state index contributed by atoms with van der Waals surface area (Å²) in [6.07, 6.45) is 4.21. The Labute approximate surface area is 121 Å². The van der Waals surface area contributed by atoms with Crippen LogP contribution in [0.15, 0.2) is 12.1 Å². The number of carbonyl (C=O) groups is 1. The van der Waals surface area contributed by atoms with Crippen molar-refractivity contribution in [3.05, 3.63) is 22.2 Å². The van der Waals surface area contributed by atoms with Gasteiger partial charge in [-0.3, -0.25) is 14.9 Å². The number of aromatic nitrogens is 1. The first-order valence-corrected chi connectivity index (χ1v) is 6.89. The quantitative estimate of drug-likeness (QED) is 0.439. The van der Waals surface area contributed by atoms with Crippen molar-refractivity contribution in [1.29, 1.82) is 0 Å². The number of pyridine rings is 1. The predicted molar refractivity (Wildman–Crippen MR) is 76.9 cm³/mol. The van der Waals surface area contributed by atoms with Crippen molar-refractivity contribution in [2.24, 2.45) is 5.92 Å². The summed E-state index contributed by atoms with van der Waals surface area (Å²) in [4.78, 5) is 25.4. The van der Waals surface area contributed by atoms with Crippen molar-refractivity contribution in [3.63, 3.8) is 0 Å². The normalized spacial score (nSPS) is 22.3. The minimum absolute atomic E-state index is 0.175. The van der Waals surface area contributed by atoms with Gasteiger partial charge in [-0.25, -0.2) is 4.98 Å². The molecule has 114 valence electrons. The summed E-state index contributed by atoms with van der Waals surface area (Å²) < 4.78 is 0. The Hall–Kier alpha value is -2.38. The third kappa shape index (κ3) is 3.59. The van der Waals surface area contributed by atoms with Gasteiger partial charge in [0.25, 0.3) is 0 Å². The van der Waals surface area contributed by atoms with Gasteiger partial charge >= 0.3 is 11.7 Å². The van der Waals surface area contributed by atoms with Crippen molar-refractivity contribution < 1.29 is 14.8 Å². The number of nitrogens with one attached hydrogen (secondary N) is 1. The number of aliphatic carboxylic acids is 1. The maximum absolute atomic E-state index is 11.3. The van der Waals surface area contributed by atoms with E-state index < -0.39 is 16.8 Å². The molecular formula is C13H18N4O4. The van der Waals surface area contributed by atoms with Gasteiger partial charge in [0.2, 0.25) is 5.82 Å². The van der Waals surface area contributed by atoms with Crippen LogP contribution in [0, 0.1) is 16.0 Å². The highest BCUT2D eigenvalue weighted by Crippen LogP contribution is 2.27. The molecular weight excluding hydrogens is 276 g/mol. The fourth-order valence-corrected chi connectivity index (χ4v) is 2.67. The molecule has 0 spiro atoms. The maximum Gasteiger partial charge on any atom is 0.311 e. The summed E-state index contributed by atoms with van der Waals surface area (Å²) in [5.41, 5.74) is 5.29. The van der Waals surface area contributed by atoms with Gasteiger partial charge in [-0.1, -0.05) is 19.3 Å². The fourth-order valence-electron chi connectivity index (χ4n) is 2.67. The number of nitrogens with zero attached hydrogens (tertiary/aromatic N) is 2. The number of carboxylic acids is 1. The van der Waals surface area contributed by atoms with Gasteiger partial charge < -0.3 is 16.2 Å². The number of nitro groups is 1. The largest absolute Gasteiger partial charge is 0.481 e. The second-order valence-electron chi connectivity index (χ2n) is 5.19. The number of anilines is 2. The lowest BCUT2D eigenvalue weighted by atomic mass is 9.95. The monoisotopic (exact) mass is 294 g/mol. The van der Waals surface area contributed by atoms with Crippen LogP contribution in [0.4, 0.5) is 17.3 Å². The highest BCUT2D eigenvalue weighted by Gasteiger charge is 2.29. The van der Waals surface area contributed by atoms with E-state index in [4.69, 9.17) is 5.73 Å². The van der Waals surface area contributed by atoms with Gasteiger partial charge in [-0.05, 0) is 18.9 Å². The molecule has 4 N–H and O–H groups in total. The zero-order valence-electron chi connectivity index (χ0n) is 11.5. The molecule has 0 amide bonds. The first kappa shape index (κ1) is 15.0. The van der Waals surface area contributed by atoms with Crippen LogP contribution >= 0.6 is 0 Å². The van der Waals surface area contributed by atoms with Gasteiger partial charge in [-0.15, -0.1) is 0 Å². The van der Waals surface area contributed by atoms with E-state index in [-0.39, 0.29) is 17.5 Å². The van der Waals surface area contributed by atoms with E-state index >= 15 is 0 Å². The summed E-state index contributed by atoms with van der Waals surface area (Å²) in [6.45, 7) is 0. The number of hydrogen-bond acceptors (Lipinski definition) is 6. The summed E-state index contributed by atoms with van der Waals surface area (Å²) in [5, 5.41) is 23.1. The average Bonchev–Trinajstić information content (AvgIpc) is 2.63. The van der Waals surface area contributed by atoms with E-state index in [1.165, 1.54) is 12.1 Å². The van der Waals surface area contributed by atoms with Gasteiger partial charge in [-0.2, -0.15) is 0 Å². The molecule has 1 aromatic rings. The summed E-state index contributed by atoms with van der Waals surface area (Å²) in [6, 6.07) is 2.49. The van der Waals surface area contributed by atoms with Crippen LogP contribution in [0.5, 0.6) is 0 Å². The van der Waals surface area contributed by atoms with Crippen LogP contribution in [0.3, 0.4) is 0 Å². The first-order chi connectivity index (χ1) is 9.99. The molecule has 2 rings (SSSR count). The molecule has 1 aliphatic carbocycles. The number of carboxylic acid groups (broad SMARTS) is 1. The molecule has 8 heteroatoms. The minimum Gasteiger partial charge on any atom is -0.481 e. The van der Waals surface area contributed by atoms with E-state index in [0.29, 0.717) is 12.2 Å². The molecule has 1 saturated carbocycles. The summed E-state index contributed by atoms with van der Waals surface area (Å²) in [5.74, 6) is -1.11. The van der Waals surface area contributed by atoms with Gasteiger partial charge in [0.1, 0.15) is 5.82 Å². The van der Waals surface area contributed by atoms with Crippen LogP contribution in [-0.4, -0.2) is 27.0 Å². The lowest BCUT2D eigenvalue weighted by molar-refractivity contribution is -0.384. The second-order valence-corrected chi connectivity index (χ2v) is 5.19. The van der Waals surface area contributed by atoms with E-state index in [9.17, 15) is 20.0 Å². The molecule has 2 unspecified atom stereocenters. The molecule has 2 atom stereocenters. The Balaban J connectivity index is 2.16. The van der Waals surface area contributed by atoms with Gasteiger partial charge in [0, 0.05) is 12.1 Å². The summed E-state index contributed by atoms with van der Waals surface area (Å²) in [7, 11) is 0. The first-order valence-electron chi connectivity index (χ1n) is 6.89. The molecule has 21 heavy (non-hydrogen) atoms. The van der Waals surface area contributed by atoms with Crippen molar-refractivity contribution in [2.45, 2.75) is 38.1 Å². The van der Waals surface area contributed by atoms with E-state index in [0.717, 1.165) is 25.7 Å². The highest BCUT2D eigenvalue weighted by atomic mass is 16.6. The number of nitrogen functional groups attached to an aromatic ring is 1. The van der Waals surface area contributed by atoms with Crippen molar-refractivity contribution in [3.8, 4) is 0 Å². The SMILES string of the molecule is Nc1nc(NC2CCCCCC2C(=O)O)ccc1[N+](=O)[O-]. The lowest BCUT2D eigenvalue weighted by Crippen LogP contribution is -2.34. The van der Waals surface area contributed by atoms with Gasteiger partial charge in [0.05, 0.1) is 10.8 Å². The molecule has 1 aliphatic rings. The number of hydrogen-bond donors (Lipinski definition) is 3. The zero-order chi connectivity index (χ0) is 15.4. The van der Waals surface area contributed by atoms with Crippen LogP contribution < -0.4 is 11.1 Å². The second kappa shape index (κ2) is 6.38. The third-order valence-corrected chi connectivity index (χ3v) is 3.77. The molecule has 1 aromatic heterocycles. The smallest absolute Gasteiger partial charge is 0.311 e. The Morgan fingerprint density at radius 3 is 2.71 bits per heavy atom. The zero-order valence-corrected chi connectivity index (χ0v) is 11.5. The Bertz CT molecular complexity index is 549. The molecule has 1 heterocycles. The molecule has 8 nitrogen and oxygen atoms in total. The van der Waals surface area contributed by atoms with Crippen LogP contribution in [0.2, 0.25) is 0 Å². The van der Waals surface area contributed by atoms with E-state index in [1.807, 2.05) is 0 Å². The third-order valence-electron chi connectivity index (χ3n) is 3.77. The van der Waals surface area contributed by atoms with E-state index in [2.05, 4.69) is 10.3 Å². The Kier molecular flexibility index (Phi) is 4.56. The molecule has 0 aromatic carbocycles. The van der Waals surface area contributed by atoms with Gasteiger partial charge in [0.15, 0.2) is 0 Å². The minimum atomic E-state index is -0.829. The summed E-state index contributed by atoms with van der Waals surface area (Å²) >= 11 is 0. The number of nitrogens with two attached hydrogens (primary N) is 1. The Morgan fingerprint density at radius 1 is 1.38 bits per heavy atom. The molecule has 0 aliphatic heterocycles. The highest BCUT2D eigenvalue weighted by molar-refractivity contribution is 5.71. The van der Waals surface area contributed by atoms with Crippen molar-refractivity contribution in [2.75, 3.05) is 11.1 Å².